The molecule has 1 aliphatic heterocycles. The number of aliphatic hydroxyl groups excluding tert-OH is 1. The number of carbonyl (C=O) groups is 1. The van der Waals surface area contributed by atoms with Crippen molar-refractivity contribution >= 4 is 22.5 Å². The highest BCUT2D eigenvalue weighted by Crippen LogP contribution is 2.24. The average Bonchev–Trinajstić information content (AvgIpc) is 3.40. The molecule has 0 aliphatic carbocycles. The van der Waals surface area contributed by atoms with Crippen LogP contribution in [0.3, 0.4) is 0 Å². The number of aromatic amines is 1. The van der Waals surface area contributed by atoms with Gasteiger partial charge in [0.05, 0.1) is 18.1 Å². The highest BCUT2D eigenvalue weighted by atomic mass is 16.3. The van der Waals surface area contributed by atoms with Gasteiger partial charge >= 0.3 is 0 Å². The summed E-state index contributed by atoms with van der Waals surface area (Å²) in [4.78, 5) is 23.1. The van der Waals surface area contributed by atoms with Gasteiger partial charge in [0.2, 0.25) is 0 Å². The molecule has 0 spiro atoms. The van der Waals surface area contributed by atoms with Gasteiger partial charge in [-0.25, -0.2) is 4.98 Å². The van der Waals surface area contributed by atoms with Crippen molar-refractivity contribution in [3.63, 3.8) is 0 Å². The molecule has 176 valence electrons. The Kier molecular flexibility index (Phi) is 5.98. The molecule has 0 bridgehead atoms. The summed E-state index contributed by atoms with van der Waals surface area (Å²) in [5.41, 5.74) is 6.38. The fraction of sp³-hybridized carbons (Fsp3) is 0.333. The second kappa shape index (κ2) is 9.08. The number of H-pyrrole nitrogens is 1. The van der Waals surface area contributed by atoms with Crippen LogP contribution in [0.1, 0.15) is 40.7 Å². The maximum Gasteiger partial charge on any atom is 0.255 e. The van der Waals surface area contributed by atoms with Crippen LogP contribution >= 0.6 is 0 Å². The molecular weight excluding hydrogens is 426 g/mol. The van der Waals surface area contributed by atoms with Gasteiger partial charge in [-0.15, -0.1) is 0 Å². The molecule has 34 heavy (non-hydrogen) atoms. The number of hydrogen-bond donors (Lipinski definition) is 3. The van der Waals surface area contributed by atoms with E-state index in [1.54, 1.807) is 6.33 Å². The molecule has 1 saturated heterocycles. The maximum absolute atomic E-state index is 13.1. The molecule has 0 radical (unpaired) electrons. The average molecular weight is 458 g/mol. The predicted octanol–water partition coefficient (Wildman–Crippen LogP) is 4.43. The molecule has 5 rings (SSSR count). The number of piperidine rings is 1. The number of aliphatic hydroxyl groups is 1. The highest BCUT2D eigenvalue weighted by Gasteiger charge is 2.24. The largest absolute Gasteiger partial charge is 0.393 e. The lowest BCUT2D eigenvalue weighted by Gasteiger charge is -2.34. The summed E-state index contributed by atoms with van der Waals surface area (Å²) in [6.45, 7) is 8.53. The quantitative estimate of drug-likeness (QED) is 0.414. The number of carbonyl (C=O) groups excluding carboxylic acids is 1. The summed E-state index contributed by atoms with van der Waals surface area (Å²) in [7, 11) is 0. The molecule has 2 aromatic carbocycles. The van der Waals surface area contributed by atoms with Crippen molar-refractivity contribution in [1.29, 1.82) is 0 Å². The number of imidazole rings is 1. The van der Waals surface area contributed by atoms with Crippen LogP contribution in [-0.4, -0.2) is 49.6 Å². The van der Waals surface area contributed by atoms with Crippen molar-refractivity contribution in [3.8, 4) is 5.69 Å². The highest BCUT2D eigenvalue weighted by molar-refractivity contribution is 6.06. The van der Waals surface area contributed by atoms with Crippen molar-refractivity contribution < 1.29 is 9.90 Å². The monoisotopic (exact) mass is 457 g/mol. The van der Waals surface area contributed by atoms with Crippen molar-refractivity contribution in [2.45, 2.75) is 39.8 Å². The second-order valence-electron chi connectivity index (χ2n) is 9.59. The Hall–Kier alpha value is -3.42. The number of benzene rings is 2. The van der Waals surface area contributed by atoms with Gasteiger partial charge in [0.15, 0.2) is 0 Å². The third-order valence-corrected chi connectivity index (χ3v) is 6.61. The Morgan fingerprint density at radius 1 is 1.21 bits per heavy atom. The molecule has 2 atom stereocenters. The molecule has 4 aromatic rings. The zero-order valence-corrected chi connectivity index (χ0v) is 19.9. The van der Waals surface area contributed by atoms with Crippen molar-refractivity contribution in [3.05, 3.63) is 77.5 Å². The summed E-state index contributed by atoms with van der Waals surface area (Å²) >= 11 is 0. The smallest absolute Gasteiger partial charge is 0.255 e. The molecule has 2 unspecified atom stereocenters. The third kappa shape index (κ3) is 4.76. The van der Waals surface area contributed by atoms with Gasteiger partial charge in [-0.2, -0.15) is 0 Å². The molecule has 0 saturated carbocycles. The fourth-order valence-electron chi connectivity index (χ4n) is 4.79. The number of likely N-dealkylation sites (tertiary alicyclic amines) is 1. The topological polar surface area (TPSA) is 86.2 Å². The minimum Gasteiger partial charge on any atom is -0.393 e. The Balaban J connectivity index is 1.42. The molecule has 1 amide bonds. The number of aryl methyl sites for hydroxylation is 2. The number of amides is 1. The van der Waals surface area contributed by atoms with E-state index in [4.69, 9.17) is 0 Å². The van der Waals surface area contributed by atoms with Crippen LogP contribution in [0.15, 0.2) is 55.0 Å². The SMILES string of the molecule is Cc1cn(-c2cc(CN3CCC(O)C(C)C3)cc(NC(=O)c3ccc4cc(C)[nH]c4c3)c2)cn1. The first kappa shape index (κ1) is 22.4. The Morgan fingerprint density at radius 3 is 2.82 bits per heavy atom. The van der Waals surface area contributed by atoms with E-state index in [0.29, 0.717) is 5.56 Å². The summed E-state index contributed by atoms with van der Waals surface area (Å²) < 4.78 is 1.98. The molecule has 1 aliphatic rings. The van der Waals surface area contributed by atoms with Crippen LogP contribution in [0.25, 0.3) is 16.6 Å². The van der Waals surface area contributed by atoms with Crippen LogP contribution in [0.4, 0.5) is 5.69 Å². The predicted molar refractivity (Wildman–Crippen MR) is 134 cm³/mol. The second-order valence-corrected chi connectivity index (χ2v) is 9.59. The van der Waals surface area contributed by atoms with E-state index in [0.717, 1.165) is 65.3 Å². The molecule has 7 nitrogen and oxygen atoms in total. The summed E-state index contributed by atoms with van der Waals surface area (Å²) in [5, 5.41) is 14.3. The molecule has 1 fully saturated rings. The van der Waals surface area contributed by atoms with Crippen molar-refractivity contribution in [2.75, 3.05) is 18.4 Å². The Morgan fingerprint density at radius 2 is 2.06 bits per heavy atom. The van der Waals surface area contributed by atoms with Gasteiger partial charge in [-0.05, 0) is 73.5 Å². The van der Waals surface area contributed by atoms with E-state index in [1.807, 2.05) is 54.9 Å². The minimum absolute atomic E-state index is 0.145. The van der Waals surface area contributed by atoms with E-state index < -0.39 is 0 Å². The number of rotatable bonds is 5. The molecule has 3 heterocycles. The van der Waals surface area contributed by atoms with E-state index in [-0.39, 0.29) is 17.9 Å². The number of nitrogens with one attached hydrogen (secondary N) is 2. The summed E-state index contributed by atoms with van der Waals surface area (Å²) in [6.07, 6.45) is 4.32. The first-order chi connectivity index (χ1) is 16.3. The lowest BCUT2D eigenvalue weighted by molar-refractivity contribution is 0.0320. The standard InChI is InChI=1S/C27H31N5O2/c1-17-13-31(7-6-26(17)33)15-20-9-23(12-24(10-20)32-14-19(3)28-16-32)30-27(34)22-5-4-21-8-18(2)29-25(21)11-22/h4-5,8-12,14,16-17,26,29,33H,6-7,13,15H2,1-3H3,(H,30,34). The number of nitrogens with zero attached hydrogens (tertiary/aromatic N) is 3. The van der Waals surface area contributed by atoms with Crippen molar-refractivity contribution in [1.82, 2.24) is 19.4 Å². The van der Waals surface area contributed by atoms with Crippen LogP contribution in [-0.2, 0) is 6.54 Å². The van der Waals surface area contributed by atoms with Gasteiger partial charge in [-0.3, -0.25) is 9.69 Å². The Bertz CT molecular complexity index is 1340. The van der Waals surface area contributed by atoms with Gasteiger partial charge in [-0.1, -0.05) is 13.0 Å². The molecular formula is C27H31N5O2. The molecule has 2 aromatic heterocycles. The van der Waals surface area contributed by atoms with Crippen LogP contribution < -0.4 is 5.32 Å². The lowest BCUT2D eigenvalue weighted by atomic mass is 9.96. The van der Waals surface area contributed by atoms with E-state index in [1.165, 1.54) is 0 Å². The van der Waals surface area contributed by atoms with E-state index in [9.17, 15) is 9.90 Å². The van der Waals surface area contributed by atoms with E-state index in [2.05, 4.69) is 39.2 Å². The van der Waals surface area contributed by atoms with Gasteiger partial charge in [0.25, 0.3) is 5.91 Å². The van der Waals surface area contributed by atoms with E-state index >= 15 is 0 Å². The maximum atomic E-state index is 13.1. The normalized spacial score (nSPS) is 18.9. The number of anilines is 1. The van der Waals surface area contributed by atoms with Crippen LogP contribution in [0, 0.1) is 19.8 Å². The summed E-state index contributed by atoms with van der Waals surface area (Å²) in [5.74, 6) is 0.104. The fourth-order valence-corrected chi connectivity index (χ4v) is 4.79. The number of aromatic nitrogens is 3. The molecule has 7 heteroatoms. The van der Waals surface area contributed by atoms with Gasteiger partial charge < -0.3 is 20.0 Å². The number of fused-ring (bicyclic) bond motifs is 1. The van der Waals surface area contributed by atoms with Crippen LogP contribution in [0.2, 0.25) is 0 Å². The Labute approximate surface area is 199 Å². The minimum atomic E-state index is -0.229. The van der Waals surface area contributed by atoms with Crippen LogP contribution in [0.5, 0.6) is 0 Å². The zero-order chi connectivity index (χ0) is 23.8. The van der Waals surface area contributed by atoms with Crippen molar-refractivity contribution in [2.24, 2.45) is 5.92 Å². The summed E-state index contributed by atoms with van der Waals surface area (Å²) in [6, 6.07) is 13.9. The number of hydrogen-bond acceptors (Lipinski definition) is 4. The van der Waals surface area contributed by atoms with Gasteiger partial charge in [0, 0.05) is 54.0 Å². The zero-order valence-electron chi connectivity index (χ0n) is 19.9. The third-order valence-electron chi connectivity index (χ3n) is 6.61. The lowest BCUT2D eigenvalue weighted by Crippen LogP contribution is -2.41. The first-order valence-electron chi connectivity index (χ1n) is 11.8. The van der Waals surface area contributed by atoms with Gasteiger partial charge in [0.1, 0.15) is 0 Å². The molecule has 3 N–H and O–H groups in total. The first-order valence-corrected chi connectivity index (χ1v) is 11.8.